The fourth-order valence-corrected chi connectivity index (χ4v) is 4.21. The number of methoxy groups -OCH3 is 1. The SMILES string of the molecule is CNCc1cn(S(=O)(=O)c2ccc(C)nc2)c(-c2ccccc2F)c1OC. The molecule has 3 rings (SSSR count). The molecule has 0 aliphatic carbocycles. The van der Waals surface area contributed by atoms with E-state index in [4.69, 9.17) is 4.74 Å². The Balaban J connectivity index is 2.32. The third-order valence-electron chi connectivity index (χ3n) is 4.14. The van der Waals surface area contributed by atoms with Crippen LogP contribution in [-0.2, 0) is 16.6 Å². The largest absolute Gasteiger partial charge is 0.494 e. The molecule has 142 valence electrons. The smallest absolute Gasteiger partial charge is 0.269 e. The Morgan fingerprint density at radius 1 is 1.22 bits per heavy atom. The minimum Gasteiger partial charge on any atom is -0.494 e. The Kier molecular flexibility index (Phi) is 5.29. The lowest BCUT2D eigenvalue weighted by atomic mass is 10.1. The van der Waals surface area contributed by atoms with Crippen LogP contribution in [0.3, 0.4) is 0 Å². The van der Waals surface area contributed by atoms with Crippen molar-refractivity contribution in [1.29, 1.82) is 0 Å². The van der Waals surface area contributed by atoms with Gasteiger partial charge in [0.15, 0.2) is 0 Å². The summed E-state index contributed by atoms with van der Waals surface area (Å²) in [7, 11) is -0.834. The van der Waals surface area contributed by atoms with Gasteiger partial charge in [-0.25, -0.2) is 16.8 Å². The molecule has 6 nitrogen and oxygen atoms in total. The van der Waals surface area contributed by atoms with Gasteiger partial charge >= 0.3 is 0 Å². The van der Waals surface area contributed by atoms with Crippen molar-refractivity contribution in [3.05, 3.63) is 65.9 Å². The maximum atomic E-state index is 14.5. The van der Waals surface area contributed by atoms with Crippen LogP contribution in [0.5, 0.6) is 5.75 Å². The number of pyridine rings is 1. The van der Waals surface area contributed by atoms with Crippen molar-refractivity contribution in [3.63, 3.8) is 0 Å². The Bertz CT molecular complexity index is 1060. The lowest BCUT2D eigenvalue weighted by molar-refractivity contribution is 0.411. The molecule has 0 atom stereocenters. The van der Waals surface area contributed by atoms with E-state index in [2.05, 4.69) is 10.3 Å². The fraction of sp³-hybridized carbons (Fsp3) is 0.211. The number of halogens is 1. The number of aromatic nitrogens is 2. The molecule has 0 radical (unpaired) electrons. The zero-order chi connectivity index (χ0) is 19.6. The number of aryl methyl sites for hydroxylation is 1. The first-order valence-corrected chi connectivity index (χ1v) is 9.70. The van der Waals surface area contributed by atoms with E-state index < -0.39 is 15.8 Å². The molecule has 0 aliphatic rings. The average molecular weight is 389 g/mol. The molecule has 27 heavy (non-hydrogen) atoms. The van der Waals surface area contributed by atoms with Gasteiger partial charge in [-0.2, -0.15) is 0 Å². The van der Waals surface area contributed by atoms with E-state index in [9.17, 15) is 12.8 Å². The van der Waals surface area contributed by atoms with Crippen molar-refractivity contribution in [2.45, 2.75) is 18.4 Å². The summed E-state index contributed by atoms with van der Waals surface area (Å²) in [6, 6.07) is 9.09. The van der Waals surface area contributed by atoms with Crippen molar-refractivity contribution in [3.8, 4) is 17.0 Å². The third-order valence-corrected chi connectivity index (χ3v) is 5.78. The van der Waals surface area contributed by atoms with Crippen LogP contribution >= 0.6 is 0 Å². The molecule has 1 N–H and O–H groups in total. The first kappa shape index (κ1) is 19.1. The standard InChI is InChI=1S/C19H20FN3O3S/c1-13-8-9-15(11-22-13)27(24,25)23-12-14(10-21-2)19(26-3)18(23)16-6-4-5-7-17(16)20/h4-9,11-12,21H,10H2,1-3H3. The van der Waals surface area contributed by atoms with Crippen LogP contribution in [0.25, 0.3) is 11.3 Å². The molecule has 8 heteroatoms. The summed E-state index contributed by atoms with van der Waals surface area (Å²) in [6.45, 7) is 2.13. The fourth-order valence-electron chi connectivity index (χ4n) is 2.87. The van der Waals surface area contributed by atoms with E-state index in [1.54, 1.807) is 32.2 Å². The van der Waals surface area contributed by atoms with Crippen molar-refractivity contribution in [2.75, 3.05) is 14.2 Å². The molecule has 0 fully saturated rings. The highest BCUT2D eigenvalue weighted by Crippen LogP contribution is 2.38. The minimum atomic E-state index is -4.00. The molecule has 0 spiro atoms. The Morgan fingerprint density at radius 2 is 1.96 bits per heavy atom. The number of ether oxygens (including phenoxy) is 1. The molecule has 0 saturated carbocycles. The van der Waals surface area contributed by atoms with Crippen molar-refractivity contribution in [1.82, 2.24) is 14.3 Å². The first-order valence-electron chi connectivity index (χ1n) is 8.26. The summed E-state index contributed by atoms with van der Waals surface area (Å²) in [5, 5.41) is 2.97. The Morgan fingerprint density at radius 3 is 2.56 bits per heavy atom. The Hall–Kier alpha value is -2.71. The van der Waals surface area contributed by atoms with E-state index in [-0.39, 0.29) is 16.2 Å². The quantitative estimate of drug-likeness (QED) is 0.702. The highest BCUT2D eigenvalue weighted by Gasteiger charge is 2.28. The molecular formula is C19H20FN3O3S. The zero-order valence-electron chi connectivity index (χ0n) is 15.2. The molecule has 1 aromatic carbocycles. The van der Waals surface area contributed by atoms with Crippen LogP contribution in [0.1, 0.15) is 11.3 Å². The lowest BCUT2D eigenvalue weighted by Crippen LogP contribution is -2.14. The molecule has 0 unspecified atom stereocenters. The monoisotopic (exact) mass is 389 g/mol. The molecule has 2 aromatic heterocycles. The number of nitrogens with zero attached hydrogens (tertiary/aromatic N) is 2. The predicted molar refractivity (Wildman–Crippen MR) is 101 cm³/mol. The highest BCUT2D eigenvalue weighted by molar-refractivity contribution is 7.90. The third kappa shape index (κ3) is 3.45. The van der Waals surface area contributed by atoms with Gasteiger partial charge in [0.25, 0.3) is 10.0 Å². The van der Waals surface area contributed by atoms with Gasteiger partial charge in [0.1, 0.15) is 22.2 Å². The number of hydrogen-bond acceptors (Lipinski definition) is 5. The summed E-state index contributed by atoms with van der Waals surface area (Å²) in [4.78, 5) is 4.08. The van der Waals surface area contributed by atoms with Crippen LogP contribution in [0.2, 0.25) is 0 Å². The Labute approximate surface area is 157 Å². The van der Waals surface area contributed by atoms with Gasteiger partial charge in [0.2, 0.25) is 0 Å². The summed E-state index contributed by atoms with van der Waals surface area (Å²) >= 11 is 0. The van der Waals surface area contributed by atoms with E-state index in [0.717, 1.165) is 3.97 Å². The molecule has 0 saturated heterocycles. The molecule has 0 bridgehead atoms. The van der Waals surface area contributed by atoms with Crippen molar-refractivity contribution >= 4 is 10.0 Å². The van der Waals surface area contributed by atoms with Gasteiger partial charge in [-0.15, -0.1) is 0 Å². The van der Waals surface area contributed by atoms with E-state index in [1.165, 1.54) is 37.7 Å². The van der Waals surface area contributed by atoms with Crippen molar-refractivity contribution in [2.24, 2.45) is 0 Å². The summed E-state index contributed by atoms with van der Waals surface area (Å²) in [5.74, 6) is -0.235. The summed E-state index contributed by atoms with van der Waals surface area (Å²) in [5.41, 5.74) is 1.58. The first-order chi connectivity index (χ1) is 12.9. The second-order valence-corrected chi connectivity index (χ2v) is 7.80. The predicted octanol–water partition coefficient (Wildman–Crippen LogP) is 2.96. The molecular weight excluding hydrogens is 369 g/mol. The van der Waals surface area contributed by atoms with E-state index in [0.29, 0.717) is 23.6 Å². The number of rotatable bonds is 6. The molecule has 3 aromatic rings. The van der Waals surface area contributed by atoms with E-state index in [1.807, 2.05) is 0 Å². The van der Waals surface area contributed by atoms with Gasteiger partial charge in [-0.1, -0.05) is 12.1 Å². The molecule has 0 aliphatic heterocycles. The van der Waals surface area contributed by atoms with Gasteiger partial charge < -0.3 is 10.1 Å². The lowest BCUT2D eigenvalue weighted by Gasteiger charge is -2.13. The van der Waals surface area contributed by atoms with Gasteiger partial charge in [0, 0.05) is 35.8 Å². The highest BCUT2D eigenvalue weighted by atomic mass is 32.2. The number of nitrogens with one attached hydrogen (secondary N) is 1. The second kappa shape index (κ2) is 7.50. The van der Waals surface area contributed by atoms with Crippen LogP contribution in [0, 0.1) is 12.7 Å². The second-order valence-electron chi connectivity index (χ2n) is 5.98. The molecule has 0 amide bonds. The number of hydrogen-bond donors (Lipinski definition) is 1. The zero-order valence-corrected chi connectivity index (χ0v) is 16.0. The molecule has 2 heterocycles. The minimum absolute atomic E-state index is 0.0133. The maximum Gasteiger partial charge on any atom is 0.269 e. The van der Waals surface area contributed by atoms with Gasteiger partial charge in [-0.05, 0) is 38.2 Å². The van der Waals surface area contributed by atoms with Crippen LogP contribution < -0.4 is 10.1 Å². The van der Waals surface area contributed by atoms with Gasteiger partial charge in [-0.3, -0.25) is 4.98 Å². The summed E-state index contributed by atoms with van der Waals surface area (Å²) < 4.78 is 47.6. The van der Waals surface area contributed by atoms with E-state index >= 15 is 0 Å². The average Bonchev–Trinajstić information content (AvgIpc) is 3.02. The van der Waals surface area contributed by atoms with Crippen LogP contribution in [-0.4, -0.2) is 31.5 Å². The van der Waals surface area contributed by atoms with Crippen LogP contribution in [0.4, 0.5) is 4.39 Å². The van der Waals surface area contributed by atoms with Crippen LogP contribution in [0.15, 0.2) is 53.7 Å². The maximum absolute atomic E-state index is 14.5. The topological polar surface area (TPSA) is 73.2 Å². The number of benzene rings is 1. The normalized spacial score (nSPS) is 11.6. The van der Waals surface area contributed by atoms with Crippen molar-refractivity contribution < 1.29 is 17.5 Å². The summed E-state index contributed by atoms with van der Waals surface area (Å²) in [6.07, 6.45) is 2.74. The van der Waals surface area contributed by atoms with Gasteiger partial charge in [0.05, 0.1) is 7.11 Å².